The summed E-state index contributed by atoms with van der Waals surface area (Å²) >= 11 is 7.36. The van der Waals surface area contributed by atoms with Crippen LogP contribution in [0.4, 0.5) is 0 Å². The molecule has 0 N–H and O–H groups in total. The quantitative estimate of drug-likeness (QED) is 0.260. The van der Waals surface area contributed by atoms with Gasteiger partial charge in [-0.1, -0.05) is 19.0 Å². The molecule has 3 aromatic rings. The van der Waals surface area contributed by atoms with E-state index in [4.69, 9.17) is 18.7 Å². The van der Waals surface area contributed by atoms with Crippen molar-refractivity contribution in [2.45, 2.75) is 66.1 Å². The molecule has 1 aromatic heterocycles. The molecule has 0 fully saturated rings. The van der Waals surface area contributed by atoms with E-state index >= 15 is 0 Å². The Labute approximate surface area is 216 Å². The molecular weight excluding hydrogens is 566 g/mol. The number of aryl methyl sites for hydroxylation is 2. The molecule has 1 atom stereocenters. The number of esters is 1. The largest absolute Gasteiger partial charge is 0.488 e. The zero-order valence-corrected chi connectivity index (χ0v) is 23.0. The molecule has 34 heavy (non-hydrogen) atoms. The standard InChI is InChI=1S/C26H27Br2NO5/c1-13(2)19-10-17(6-8-23(19)31-12-21-14(3)29-34-15(21)4)33-26-22(27)11-20-18(25(26)28)7-9-24(20)32-16(5)30/h6,8,10-11,13,24H,7,9,12H2,1-5H3. The molecule has 1 aliphatic carbocycles. The van der Waals surface area contributed by atoms with Crippen LogP contribution in [0.3, 0.4) is 0 Å². The van der Waals surface area contributed by atoms with Gasteiger partial charge in [0.2, 0.25) is 0 Å². The fraction of sp³-hybridized carbons (Fsp3) is 0.385. The van der Waals surface area contributed by atoms with Crippen LogP contribution in [0.5, 0.6) is 17.2 Å². The molecule has 0 amide bonds. The molecule has 1 unspecified atom stereocenters. The van der Waals surface area contributed by atoms with Gasteiger partial charge in [-0.15, -0.1) is 0 Å². The molecule has 0 bridgehead atoms. The Morgan fingerprint density at radius 2 is 2.00 bits per heavy atom. The van der Waals surface area contributed by atoms with Gasteiger partial charge in [-0.3, -0.25) is 4.79 Å². The number of ether oxygens (including phenoxy) is 3. The summed E-state index contributed by atoms with van der Waals surface area (Å²) in [6, 6.07) is 7.85. The minimum absolute atomic E-state index is 0.226. The molecule has 0 spiro atoms. The second-order valence-electron chi connectivity index (χ2n) is 8.75. The summed E-state index contributed by atoms with van der Waals surface area (Å²) in [5, 5.41) is 4.00. The molecular formula is C26H27Br2NO5. The van der Waals surface area contributed by atoms with Crippen molar-refractivity contribution in [3.8, 4) is 17.2 Å². The highest BCUT2D eigenvalue weighted by atomic mass is 79.9. The zero-order valence-electron chi connectivity index (χ0n) is 19.8. The highest BCUT2D eigenvalue weighted by Gasteiger charge is 2.30. The van der Waals surface area contributed by atoms with Gasteiger partial charge in [-0.05, 0) is 99.9 Å². The normalized spacial score (nSPS) is 14.9. The Hall–Kier alpha value is -2.32. The summed E-state index contributed by atoms with van der Waals surface area (Å²) in [6.07, 6.45) is 1.34. The Morgan fingerprint density at radius 1 is 1.24 bits per heavy atom. The summed E-state index contributed by atoms with van der Waals surface area (Å²) < 4.78 is 24.9. The van der Waals surface area contributed by atoms with Gasteiger partial charge in [0.05, 0.1) is 20.2 Å². The van der Waals surface area contributed by atoms with Crippen LogP contribution in [0.15, 0.2) is 37.7 Å². The molecule has 1 aliphatic rings. The topological polar surface area (TPSA) is 70.8 Å². The van der Waals surface area contributed by atoms with Gasteiger partial charge < -0.3 is 18.7 Å². The number of hydrogen-bond donors (Lipinski definition) is 0. The molecule has 1 heterocycles. The number of carbonyl (C=O) groups is 1. The van der Waals surface area contributed by atoms with Gasteiger partial charge in [0, 0.05) is 12.5 Å². The van der Waals surface area contributed by atoms with E-state index in [1.165, 1.54) is 6.92 Å². The molecule has 0 saturated heterocycles. The van der Waals surface area contributed by atoms with Crippen molar-refractivity contribution in [1.29, 1.82) is 0 Å². The minimum atomic E-state index is -0.275. The van der Waals surface area contributed by atoms with Crippen LogP contribution in [0.1, 0.15) is 72.9 Å². The van der Waals surface area contributed by atoms with Crippen molar-refractivity contribution in [2.24, 2.45) is 0 Å². The van der Waals surface area contributed by atoms with Crippen LogP contribution in [-0.2, 0) is 22.6 Å². The number of benzene rings is 2. The maximum Gasteiger partial charge on any atom is 0.303 e. The first-order chi connectivity index (χ1) is 16.2. The van der Waals surface area contributed by atoms with Gasteiger partial charge >= 0.3 is 5.97 Å². The average Bonchev–Trinajstić information content (AvgIpc) is 3.32. The third kappa shape index (κ3) is 5.03. The average molecular weight is 593 g/mol. The van der Waals surface area contributed by atoms with E-state index in [-0.39, 0.29) is 18.0 Å². The van der Waals surface area contributed by atoms with Crippen molar-refractivity contribution in [1.82, 2.24) is 5.16 Å². The number of fused-ring (bicyclic) bond motifs is 1. The summed E-state index contributed by atoms with van der Waals surface area (Å²) in [7, 11) is 0. The maximum absolute atomic E-state index is 11.5. The van der Waals surface area contributed by atoms with Gasteiger partial charge in [-0.25, -0.2) is 0 Å². The van der Waals surface area contributed by atoms with Crippen molar-refractivity contribution in [3.05, 3.63) is 66.9 Å². The van der Waals surface area contributed by atoms with Gasteiger partial charge in [-0.2, -0.15) is 0 Å². The molecule has 0 saturated carbocycles. The molecule has 180 valence electrons. The number of nitrogens with zero attached hydrogens (tertiary/aromatic N) is 1. The first-order valence-corrected chi connectivity index (χ1v) is 12.8. The molecule has 8 heteroatoms. The number of hydrogen-bond acceptors (Lipinski definition) is 6. The number of aromatic nitrogens is 1. The van der Waals surface area contributed by atoms with E-state index in [1.807, 2.05) is 38.1 Å². The summed E-state index contributed by atoms with van der Waals surface area (Å²) in [5.74, 6) is 2.94. The van der Waals surface area contributed by atoms with Gasteiger partial charge in [0.25, 0.3) is 0 Å². The number of rotatable bonds is 7. The summed E-state index contributed by atoms with van der Waals surface area (Å²) in [4.78, 5) is 11.5. The van der Waals surface area contributed by atoms with E-state index in [0.29, 0.717) is 18.1 Å². The van der Waals surface area contributed by atoms with Crippen molar-refractivity contribution in [3.63, 3.8) is 0 Å². The SMILES string of the molecule is CC(=O)OC1CCc2c1cc(Br)c(Oc1ccc(OCc3c(C)noc3C)c(C(C)C)c1)c2Br. The number of carbonyl (C=O) groups excluding carboxylic acids is 1. The van der Waals surface area contributed by atoms with Gasteiger partial charge in [0.1, 0.15) is 30.0 Å². The van der Waals surface area contributed by atoms with Crippen LogP contribution < -0.4 is 9.47 Å². The van der Waals surface area contributed by atoms with Crippen LogP contribution in [-0.4, -0.2) is 11.1 Å². The van der Waals surface area contributed by atoms with E-state index in [1.54, 1.807) is 0 Å². The summed E-state index contributed by atoms with van der Waals surface area (Å²) in [6.45, 7) is 9.88. The highest BCUT2D eigenvalue weighted by Crippen LogP contribution is 2.47. The molecule has 4 rings (SSSR count). The lowest BCUT2D eigenvalue weighted by atomic mass is 10.0. The third-order valence-electron chi connectivity index (χ3n) is 6.00. The Bertz CT molecular complexity index is 1210. The molecule has 0 aliphatic heterocycles. The van der Waals surface area contributed by atoms with Crippen LogP contribution >= 0.6 is 31.9 Å². The Kier molecular flexibility index (Phi) is 7.38. The highest BCUT2D eigenvalue weighted by molar-refractivity contribution is 9.11. The first kappa shape index (κ1) is 24.8. The monoisotopic (exact) mass is 591 g/mol. The molecule has 2 aromatic carbocycles. The van der Waals surface area contributed by atoms with Crippen molar-refractivity contribution >= 4 is 37.8 Å². The Morgan fingerprint density at radius 3 is 2.65 bits per heavy atom. The first-order valence-electron chi connectivity index (χ1n) is 11.2. The maximum atomic E-state index is 11.5. The van der Waals surface area contributed by atoms with E-state index < -0.39 is 0 Å². The van der Waals surface area contributed by atoms with Crippen molar-refractivity contribution in [2.75, 3.05) is 0 Å². The fourth-order valence-electron chi connectivity index (χ4n) is 4.19. The smallest absolute Gasteiger partial charge is 0.303 e. The van der Waals surface area contributed by atoms with Crippen molar-refractivity contribution < 1.29 is 23.5 Å². The fourth-order valence-corrected chi connectivity index (χ4v) is 5.71. The van der Waals surface area contributed by atoms with E-state index in [2.05, 4.69) is 50.9 Å². The van der Waals surface area contributed by atoms with Crippen LogP contribution in [0, 0.1) is 13.8 Å². The van der Waals surface area contributed by atoms with Crippen LogP contribution in [0.2, 0.25) is 0 Å². The molecule has 0 radical (unpaired) electrons. The lowest BCUT2D eigenvalue weighted by Gasteiger charge is -2.18. The number of halogens is 2. The van der Waals surface area contributed by atoms with E-state index in [9.17, 15) is 4.79 Å². The summed E-state index contributed by atoms with van der Waals surface area (Å²) in [5.41, 5.74) is 4.96. The lowest BCUT2D eigenvalue weighted by molar-refractivity contribution is -0.146. The minimum Gasteiger partial charge on any atom is -0.488 e. The predicted molar refractivity (Wildman–Crippen MR) is 136 cm³/mol. The lowest BCUT2D eigenvalue weighted by Crippen LogP contribution is -2.05. The predicted octanol–water partition coefficient (Wildman–Crippen LogP) is 7.86. The van der Waals surface area contributed by atoms with Crippen LogP contribution in [0.25, 0.3) is 0 Å². The van der Waals surface area contributed by atoms with Gasteiger partial charge in [0.15, 0.2) is 5.75 Å². The van der Waals surface area contributed by atoms with E-state index in [0.717, 1.165) is 61.2 Å². The molecule has 6 nitrogen and oxygen atoms in total. The second kappa shape index (κ2) is 10.1. The Balaban J connectivity index is 1.59. The second-order valence-corrected chi connectivity index (χ2v) is 10.4. The zero-order chi connectivity index (χ0) is 24.6. The third-order valence-corrected chi connectivity index (χ3v) is 7.43.